The van der Waals surface area contributed by atoms with Crippen LogP contribution in [0.15, 0.2) is 12.2 Å². The maximum absolute atomic E-state index is 12.9. The normalized spacial score (nSPS) is 12.0. The highest BCUT2D eigenvalue weighted by Gasteiger charge is 2.19. The van der Waals surface area contributed by atoms with Crippen molar-refractivity contribution >= 4 is 17.9 Å². The van der Waals surface area contributed by atoms with Crippen molar-refractivity contribution in [1.29, 1.82) is 0 Å². The molecule has 0 spiro atoms. The van der Waals surface area contributed by atoms with Crippen molar-refractivity contribution in [2.45, 2.75) is 386 Å². The molecule has 6 heteroatoms. The maximum atomic E-state index is 12.9. The summed E-state index contributed by atoms with van der Waals surface area (Å²) in [7, 11) is 0. The zero-order chi connectivity index (χ0) is 52.9. The molecule has 1 unspecified atom stereocenters. The van der Waals surface area contributed by atoms with Gasteiger partial charge in [0.15, 0.2) is 6.10 Å². The Hall–Kier alpha value is -1.85. The number of hydrogen-bond donors (Lipinski definition) is 0. The number of allylic oxidation sites excluding steroid dienone is 2. The third-order valence-electron chi connectivity index (χ3n) is 15.3. The van der Waals surface area contributed by atoms with Crippen molar-refractivity contribution in [3.8, 4) is 0 Å². The van der Waals surface area contributed by atoms with Crippen molar-refractivity contribution in [3.63, 3.8) is 0 Å². The standard InChI is InChI=1S/C67H128O6/c1-4-7-10-13-16-19-22-24-26-27-28-29-30-31-32-33-34-35-36-37-38-39-41-42-45-48-51-54-57-60-66(69)72-63-64(62-71-65(68)59-56-53-50-47-44-21-18-15-12-9-6-3)73-67(70)61-58-55-52-49-46-43-40-25-23-20-17-14-11-8-5-2/h15,18,64H,4-14,16-17,19-63H2,1-3H3/b18-15-. The van der Waals surface area contributed by atoms with Crippen LogP contribution in [-0.4, -0.2) is 37.2 Å². The van der Waals surface area contributed by atoms with Crippen LogP contribution >= 0.6 is 0 Å². The highest BCUT2D eigenvalue weighted by Crippen LogP contribution is 2.19. The Morgan fingerprint density at radius 3 is 0.726 bits per heavy atom. The minimum Gasteiger partial charge on any atom is -0.462 e. The van der Waals surface area contributed by atoms with Gasteiger partial charge in [-0.2, -0.15) is 0 Å². The predicted molar refractivity (Wildman–Crippen MR) is 317 cm³/mol. The molecule has 0 rings (SSSR count). The molecule has 1 atom stereocenters. The molecule has 432 valence electrons. The molecular formula is C67H128O6. The molecule has 0 aromatic carbocycles. The average Bonchev–Trinajstić information content (AvgIpc) is 3.39. The SMILES string of the molecule is CCCC/C=C\CCCCCCCC(=O)OCC(COC(=O)CCCCCCCCCCCCCCCCCCCCCCCCCCCCCCC)OC(=O)CCCCCCCCCCCCCCCCC. The Labute approximate surface area is 456 Å². The molecule has 6 nitrogen and oxygen atoms in total. The molecule has 0 aromatic heterocycles. The maximum Gasteiger partial charge on any atom is 0.306 e. The summed E-state index contributed by atoms with van der Waals surface area (Å²) in [6, 6.07) is 0. The van der Waals surface area contributed by atoms with Crippen molar-refractivity contribution in [2.24, 2.45) is 0 Å². The lowest BCUT2D eigenvalue weighted by Gasteiger charge is -2.18. The van der Waals surface area contributed by atoms with Crippen LogP contribution in [0.3, 0.4) is 0 Å². The zero-order valence-electron chi connectivity index (χ0n) is 49.7. The van der Waals surface area contributed by atoms with Crippen LogP contribution in [0.5, 0.6) is 0 Å². The largest absolute Gasteiger partial charge is 0.462 e. The Bertz CT molecular complexity index is 1130. The van der Waals surface area contributed by atoms with Crippen LogP contribution in [-0.2, 0) is 28.6 Å². The molecule has 0 radical (unpaired) electrons. The van der Waals surface area contributed by atoms with E-state index in [-0.39, 0.29) is 31.1 Å². The molecular weight excluding hydrogens is 901 g/mol. The van der Waals surface area contributed by atoms with E-state index in [4.69, 9.17) is 14.2 Å². The first-order valence-corrected chi connectivity index (χ1v) is 33.2. The summed E-state index contributed by atoms with van der Waals surface area (Å²) in [5.41, 5.74) is 0. The van der Waals surface area contributed by atoms with Gasteiger partial charge in [0.2, 0.25) is 0 Å². The second-order valence-corrected chi connectivity index (χ2v) is 22.7. The molecule has 73 heavy (non-hydrogen) atoms. The summed E-state index contributed by atoms with van der Waals surface area (Å²) in [5.74, 6) is -0.848. The van der Waals surface area contributed by atoms with Crippen molar-refractivity contribution in [1.82, 2.24) is 0 Å². The molecule has 0 saturated heterocycles. The van der Waals surface area contributed by atoms with Gasteiger partial charge in [0, 0.05) is 19.3 Å². The predicted octanol–water partition coefficient (Wildman–Crippen LogP) is 22.4. The van der Waals surface area contributed by atoms with Gasteiger partial charge in [0.25, 0.3) is 0 Å². The topological polar surface area (TPSA) is 78.9 Å². The van der Waals surface area contributed by atoms with Gasteiger partial charge in [-0.25, -0.2) is 0 Å². The molecule has 0 aliphatic rings. The second-order valence-electron chi connectivity index (χ2n) is 22.7. The van der Waals surface area contributed by atoms with Crippen LogP contribution < -0.4 is 0 Å². The van der Waals surface area contributed by atoms with Crippen LogP contribution in [0.1, 0.15) is 380 Å². The first-order valence-electron chi connectivity index (χ1n) is 33.2. The molecule has 0 heterocycles. The lowest BCUT2D eigenvalue weighted by Crippen LogP contribution is -2.30. The number of ether oxygens (including phenoxy) is 3. The summed E-state index contributed by atoms with van der Waals surface area (Å²) < 4.78 is 16.9. The lowest BCUT2D eigenvalue weighted by molar-refractivity contribution is -0.167. The van der Waals surface area contributed by atoms with E-state index in [0.717, 1.165) is 64.2 Å². The minimum absolute atomic E-state index is 0.0663. The van der Waals surface area contributed by atoms with Crippen molar-refractivity contribution in [2.75, 3.05) is 13.2 Å². The number of esters is 3. The minimum atomic E-state index is -0.768. The van der Waals surface area contributed by atoms with Crippen molar-refractivity contribution < 1.29 is 28.6 Å². The molecule has 0 aromatic rings. The van der Waals surface area contributed by atoms with Crippen LogP contribution in [0.4, 0.5) is 0 Å². The zero-order valence-corrected chi connectivity index (χ0v) is 49.7. The van der Waals surface area contributed by atoms with Gasteiger partial charge in [-0.3, -0.25) is 14.4 Å². The summed E-state index contributed by atoms with van der Waals surface area (Å²) in [6.07, 6.45) is 73.9. The average molecular weight is 1030 g/mol. The van der Waals surface area contributed by atoms with Gasteiger partial charge < -0.3 is 14.2 Å². The Kier molecular flexibility index (Phi) is 61.1. The Balaban J connectivity index is 4.08. The molecule has 0 amide bonds. The highest BCUT2D eigenvalue weighted by molar-refractivity contribution is 5.71. The number of hydrogen-bond acceptors (Lipinski definition) is 6. The third kappa shape index (κ3) is 60.9. The fourth-order valence-electron chi connectivity index (χ4n) is 10.3. The smallest absolute Gasteiger partial charge is 0.306 e. The number of carbonyl (C=O) groups excluding carboxylic acids is 3. The second kappa shape index (κ2) is 62.7. The number of carbonyl (C=O) groups is 3. The van der Waals surface area contributed by atoms with E-state index in [1.165, 1.54) is 276 Å². The fourth-order valence-corrected chi connectivity index (χ4v) is 10.3. The van der Waals surface area contributed by atoms with Crippen LogP contribution in [0.25, 0.3) is 0 Å². The Morgan fingerprint density at radius 2 is 0.466 bits per heavy atom. The van der Waals surface area contributed by atoms with Gasteiger partial charge in [-0.05, 0) is 38.5 Å². The number of rotatable bonds is 62. The number of unbranched alkanes of at least 4 members (excludes halogenated alkanes) is 49. The highest BCUT2D eigenvalue weighted by atomic mass is 16.6. The summed E-state index contributed by atoms with van der Waals surface area (Å²) >= 11 is 0. The van der Waals surface area contributed by atoms with Gasteiger partial charge in [0.05, 0.1) is 0 Å². The van der Waals surface area contributed by atoms with E-state index in [1.54, 1.807) is 0 Å². The van der Waals surface area contributed by atoms with E-state index >= 15 is 0 Å². The van der Waals surface area contributed by atoms with E-state index in [1.807, 2.05) is 0 Å². The molecule has 0 fully saturated rings. The monoisotopic (exact) mass is 1030 g/mol. The van der Waals surface area contributed by atoms with Crippen molar-refractivity contribution in [3.05, 3.63) is 12.2 Å². The third-order valence-corrected chi connectivity index (χ3v) is 15.3. The van der Waals surface area contributed by atoms with E-state index in [2.05, 4.69) is 32.9 Å². The van der Waals surface area contributed by atoms with Crippen LogP contribution in [0, 0.1) is 0 Å². The van der Waals surface area contributed by atoms with E-state index in [9.17, 15) is 14.4 Å². The molecule has 0 aliphatic heterocycles. The lowest BCUT2D eigenvalue weighted by atomic mass is 10.0. The van der Waals surface area contributed by atoms with Gasteiger partial charge in [-0.1, -0.05) is 335 Å². The molecule has 0 bridgehead atoms. The first-order chi connectivity index (χ1) is 36.0. The van der Waals surface area contributed by atoms with E-state index < -0.39 is 6.10 Å². The first kappa shape index (κ1) is 71.2. The summed E-state index contributed by atoms with van der Waals surface area (Å²) in [4.78, 5) is 38.2. The fraction of sp³-hybridized carbons (Fsp3) is 0.925. The molecule has 0 aliphatic carbocycles. The summed E-state index contributed by atoms with van der Waals surface area (Å²) in [6.45, 7) is 6.67. The van der Waals surface area contributed by atoms with E-state index in [0.29, 0.717) is 19.3 Å². The Morgan fingerprint density at radius 1 is 0.260 bits per heavy atom. The molecule has 0 saturated carbocycles. The van der Waals surface area contributed by atoms with Gasteiger partial charge in [-0.15, -0.1) is 0 Å². The molecule has 0 N–H and O–H groups in total. The van der Waals surface area contributed by atoms with Crippen LogP contribution in [0.2, 0.25) is 0 Å². The summed E-state index contributed by atoms with van der Waals surface area (Å²) in [5, 5.41) is 0. The van der Waals surface area contributed by atoms with Gasteiger partial charge in [0.1, 0.15) is 13.2 Å². The van der Waals surface area contributed by atoms with Gasteiger partial charge >= 0.3 is 17.9 Å². The quantitative estimate of drug-likeness (QED) is 0.0261.